The number of ether oxygens (including phenoxy) is 1. The second-order valence-corrected chi connectivity index (χ2v) is 6.95. The lowest BCUT2D eigenvalue weighted by Gasteiger charge is -2.26. The van der Waals surface area contributed by atoms with Gasteiger partial charge in [0.15, 0.2) is 6.61 Å². The molecule has 1 aromatic carbocycles. The van der Waals surface area contributed by atoms with E-state index in [1.807, 2.05) is 6.92 Å². The van der Waals surface area contributed by atoms with Crippen LogP contribution in [0.1, 0.15) is 48.5 Å². The van der Waals surface area contributed by atoms with Crippen LogP contribution in [0.5, 0.6) is 0 Å². The van der Waals surface area contributed by atoms with Crippen LogP contribution in [-0.4, -0.2) is 53.3 Å². The summed E-state index contributed by atoms with van der Waals surface area (Å²) in [5, 5.41) is 2.44. The van der Waals surface area contributed by atoms with E-state index in [9.17, 15) is 19.2 Å². The van der Waals surface area contributed by atoms with Gasteiger partial charge < -0.3 is 15.0 Å². The monoisotopic (exact) mass is 399 g/mol. The molecule has 1 aliphatic carbocycles. The SMILES string of the molecule is CCN(C(=O)COC(=O)c1ccccc1CN1C(=O)CNC1=O)C1=CCCCC1. The molecule has 0 spiro atoms. The average Bonchev–Trinajstić information content (AvgIpc) is 3.06. The van der Waals surface area contributed by atoms with Crippen LogP contribution in [0.3, 0.4) is 0 Å². The molecule has 0 atom stereocenters. The van der Waals surface area contributed by atoms with E-state index >= 15 is 0 Å². The Morgan fingerprint density at radius 1 is 1.21 bits per heavy atom. The molecule has 1 aromatic rings. The number of benzene rings is 1. The first-order valence-corrected chi connectivity index (χ1v) is 9.84. The van der Waals surface area contributed by atoms with E-state index in [0.717, 1.165) is 36.3 Å². The lowest BCUT2D eigenvalue weighted by atomic mass is 10.0. The topological polar surface area (TPSA) is 96.0 Å². The van der Waals surface area contributed by atoms with E-state index in [-0.39, 0.29) is 37.1 Å². The van der Waals surface area contributed by atoms with Crippen LogP contribution < -0.4 is 5.32 Å². The normalized spacial score (nSPS) is 16.3. The van der Waals surface area contributed by atoms with Gasteiger partial charge in [-0.1, -0.05) is 24.3 Å². The van der Waals surface area contributed by atoms with Crippen LogP contribution in [0, 0.1) is 0 Å². The number of urea groups is 1. The smallest absolute Gasteiger partial charge is 0.338 e. The van der Waals surface area contributed by atoms with Crippen molar-refractivity contribution in [2.45, 2.75) is 39.2 Å². The maximum atomic E-state index is 12.6. The minimum atomic E-state index is -0.658. The van der Waals surface area contributed by atoms with Crippen LogP contribution in [0.25, 0.3) is 0 Å². The molecular weight excluding hydrogens is 374 g/mol. The second-order valence-electron chi connectivity index (χ2n) is 6.95. The van der Waals surface area contributed by atoms with Crippen molar-refractivity contribution in [2.24, 2.45) is 0 Å². The molecule has 0 saturated carbocycles. The second kappa shape index (κ2) is 9.36. The van der Waals surface area contributed by atoms with Gasteiger partial charge in [-0.25, -0.2) is 9.59 Å². The van der Waals surface area contributed by atoms with Gasteiger partial charge in [0.05, 0.1) is 18.7 Å². The zero-order chi connectivity index (χ0) is 20.8. The first kappa shape index (κ1) is 20.6. The van der Waals surface area contributed by atoms with Gasteiger partial charge in [-0.15, -0.1) is 0 Å². The summed E-state index contributed by atoms with van der Waals surface area (Å²) in [5.74, 6) is -1.28. The summed E-state index contributed by atoms with van der Waals surface area (Å²) in [5.41, 5.74) is 1.70. The summed E-state index contributed by atoms with van der Waals surface area (Å²) in [6.45, 7) is 1.97. The molecule has 0 bridgehead atoms. The fourth-order valence-corrected chi connectivity index (χ4v) is 3.53. The highest BCUT2D eigenvalue weighted by atomic mass is 16.5. The lowest BCUT2D eigenvalue weighted by Crippen LogP contribution is -2.34. The van der Waals surface area contributed by atoms with E-state index < -0.39 is 12.0 Å². The molecule has 8 nitrogen and oxygen atoms in total. The highest BCUT2D eigenvalue weighted by molar-refractivity contribution is 6.02. The van der Waals surface area contributed by atoms with E-state index in [1.165, 1.54) is 0 Å². The molecule has 154 valence electrons. The van der Waals surface area contributed by atoms with Crippen molar-refractivity contribution >= 4 is 23.8 Å². The molecule has 1 N–H and O–H groups in total. The maximum Gasteiger partial charge on any atom is 0.338 e. The van der Waals surface area contributed by atoms with Crippen LogP contribution in [0.2, 0.25) is 0 Å². The summed E-state index contributed by atoms with van der Waals surface area (Å²) >= 11 is 0. The van der Waals surface area contributed by atoms with Crippen LogP contribution in [-0.2, 0) is 20.9 Å². The van der Waals surface area contributed by atoms with Crippen LogP contribution in [0.15, 0.2) is 36.0 Å². The molecule has 8 heteroatoms. The number of imide groups is 1. The lowest BCUT2D eigenvalue weighted by molar-refractivity contribution is -0.132. The third kappa shape index (κ3) is 4.82. The largest absolute Gasteiger partial charge is 0.452 e. The van der Waals surface area contributed by atoms with Crippen molar-refractivity contribution in [3.05, 3.63) is 47.2 Å². The molecule has 1 heterocycles. The van der Waals surface area contributed by atoms with Crippen molar-refractivity contribution in [3.8, 4) is 0 Å². The first-order chi connectivity index (χ1) is 14.0. The van der Waals surface area contributed by atoms with Gasteiger partial charge >= 0.3 is 12.0 Å². The number of rotatable bonds is 7. The van der Waals surface area contributed by atoms with Crippen molar-refractivity contribution in [1.82, 2.24) is 15.1 Å². The third-order valence-corrected chi connectivity index (χ3v) is 5.06. The van der Waals surface area contributed by atoms with Crippen molar-refractivity contribution < 1.29 is 23.9 Å². The molecule has 1 saturated heterocycles. The highest BCUT2D eigenvalue weighted by Crippen LogP contribution is 2.21. The molecule has 29 heavy (non-hydrogen) atoms. The number of nitrogens with one attached hydrogen (secondary N) is 1. The van der Waals surface area contributed by atoms with Crippen molar-refractivity contribution in [2.75, 3.05) is 19.7 Å². The predicted molar refractivity (Wildman–Crippen MR) is 105 cm³/mol. The average molecular weight is 399 g/mol. The number of carbonyl (C=O) groups is 4. The van der Waals surface area contributed by atoms with E-state index in [1.54, 1.807) is 29.2 Å². The third-order valence-electron chi connectivity index (χ3n) is 5.06. The summed E-state index contributed by atoms with van der Waals surface area (Å²) in [7, 11) is 0. The number of hydrogen-bond donors (Lipinski definition) is 1. The summed E-state index contributed by atoms with van der Waals surface area (Å²) in [6, 6.07) is 6.10. The molecule has 0 radical (unpaired) electrons. The molecule has 1 fully saturated rings. The van der Waals surface area contributed by atoms with Crippen LogP contribution in [0.4, 0.5) is 4.79 Å². The molecular formula is C21H25N3O5. The van der Waals surface area contributed by atoms with Gasteiger partial charge in [0.2, 0.25) is 5.91 Å². The van der Waals surface area contributed by atoms with Crippen molar-refractivity contribution in [3.63, 3.8) is 0 Å². The minimum Gasteiger partial charge on any atom is -0.452 e. The number of allylic oxidation sites excluding steroid dienone is 2. The van der Waals surface area contributed by atoms with Gasteiger partial charge in [-0.2, -0.15) is 0 Å². The molecule has 2 aliphatic rings. The first-order valence-electron chi connectivity index (χ1n) is 9.84. The predicted octanol–water partition coefficient (Wildman–Crippen LogP) is 2.20. The number of nitrogens with zero attached hydrogens (tertiary/aromatic N) is 2. The van der Waals surface area contributed by atoms with Crippen LogP contribution >= 0.6 is 0 Å². The number of amides is 4. The van der Waals surface area contributed by atoms with Gasteiger partial charge in [0.1, 0.15) is 0 Å². The molecule has 1 aliphatic heterocycles. The summed E-state index contributed by atoms with van der Waals surface area (Å²) in [4.78, 5) is 51.4. The summed E-state index contributed by atoms with van der Waals surface area (Å²) < 4.78 is 5.26. The number of likely N-dealkylation sites (N-methyl/N-ethyl adjacent to an activating group) is 1. The van der Waals surface area contributed by atoms with E-state index in [2.05, 4.69) is 11.4 Å². The van der Waals surface area contributed by atoms with E-state index in [0.29, 0.717) is 12.1 Å². The van der Waals surface area contributed by atoms with Crippen molar-refractivity contribution in [1.29, 1.82) is 0 Å². The highest BCUT2D eigenvalue weighted by Gasteiger charge is 2.29. The Labute approximate surface area is 169 Å². The van der Waals surface area contributed by atoms with Gasteiger partial charge in [-0.3, -0.25) is 14.5 Å². The Bertz CT molecular complexity index is 832. The molecule has 0 aromatic heterocycles. The Morgan fingerprint density at radius 3 is 2.66 bits per heavy atom. The fourth-order valence-electron chi connectivity index (χ4n) is 3.53. The molecule has 0 unspecified atom stereocenters. The van der Waals surface area contributed by atoms with Gasteiger partial charge in [0, 0.05) is 12.2 Å². The Morgan fingerprint density at radius 2 is 2.00 bits per heavy atom. The Kier molecular flexibility index (Phi) is 6.64. The minimum absolute atomic E-state index is 0.0299. The quantitative estimate of drug-likeness (QED) is 0.560. The maximum absolute atomic E-state index is 12.6. The van der Waals surface area contributed by atoms with Gasteiger partial charge in [-0.05, 0) is 44.2 Å². The Balaban J connectivity index is 1.65. The molecule has 4 amide bonds. The number of hydrogen-bond acceptors (Lipinski definition) is 5. The zero-order valence-corrected chi connectivity index (χ0v) is 16.5. The van der Waals surface area contributed by atoms with E-state index in [4.69, 9.17) is 4.74 Å². The number of esters is 1. The standard InChI is InChI=1S/C21H25N3O5/c1-2-23(16-9-4-3-5-10-16)19(26)14-29-20(27)17-11-7-6-8-15(17)13-24-18(25)12-22-21(24)28/h6-9,11H,2-5,10,12-14H2,1H3,(H,22,28). The zero-order valence-electron chi connectivity index (χ0n) is 16.5. The van der Waals surface area contributed by atoms with Gasteiger partial charge in [0.25, 0.3) is 5.91 Å². The number of carbonyl (C=O) groups excluding carboxylic acids is 4. The fraction of sp³-hybridized carbons (Fsp3) is 0.429. The Hall–Kier alpha value is -3.16. The molecule has 3 rings (SSSR count). The summed E-state index contributed by atoms with van der Waals surface area (Å²) in [6.07, 6.45) is 6.04.